The van der Waals surface area contributed by atoms with Crippen molar-refractivity contribution in [2.45, 2.75) is 69.5 Å². The summed E-state index contributed by atoms with van der Waals surface area (Å²) < 4.78 is 296. The van der Waals surface area contributed by atoms with E-state index in [-0.39, 0.29) is 64.5 Å². The average Bonchev–Trinajstić information content (AvgIpc) is 1.77. The fourth-order valence-corrected chi connectivity index (χ4v) is 13.6. The number of thiophene rings is 2. The monoisotopic (exact) mass is 1560 g/mol. The Labute approximate surface area is 617 Å². The third-order valence-corrected chi connectivity index (χ3v) is 19.5. The molecule has 0 saturated heterocycles. The van der Waals surface area contributed by atoms with Crippen LogP contribution in [0.15, 0.2) is 161 Å². The van der Waals surface area contributed by atoms with Gasteiger partial charge in [0.15, 0.2) is 34.9 Å². The molecule has 0 amide bonds. The van der Waals surface area contributed by atoms with E-state index in [2.05, 4.69) is 61.3 Å². The van der Waals surface area contributed by atoms with Gasteiger partial charge in [0.25, 0.3) is 20.0 Å². The van der Waals surface area contributed by atoms with Crippen LogP contribution in [0.3, 0.4) is 0 Å². The fraction of sp³-hybridized carbons (Fsp3) is 0.264. The van der Waals surface area contributed by atoms with Crippen molar-refractivity contribution < 1.29 is 130 Å². The van der Waals surface area contributed by atoms with Crippen LogP contribution in [0.5, 0.6) is 23.0 Å². The molecule has 12 nitrogen and oxygen atoms in total. The molecular formula is C72H70F16LiN3O9S4. The fourth-order valence-electron chi connectivity index (χ4n) is 8.54. The molecule has 0 bridgehead atoms. The molecule has 0 atom stereocenters. The van der Waals surface area contributed by atoms with Crippen molar-refractivity contribution in [2.75, 3.05) is 67.7 Å². The van der Waals surface area contributed by atoms with Crippen LogP contribution in [0.2, 0.25) is 0 Å². The van der Waals surface area contributed by atoms with E-state index in [9.17, 15) is 87.2 Å². The van der Waals surface area contributed by atoms with Crippen molar-refractivity contribution in [3.63, 3.8) is 0 Å². The Morgan fingerprint density at radius 3 is 1.16 bits per heavy atom. The van der Waals surface area contributed by atoms with Gasteiger partial charge in [0.05, 0.1) is 31.8 Å². The molecule has 2 aromatic heterocycles. The summed E-state index contributed by atoms with van der Waals surface area (Å²) in [7, 11) is -1.19. The second-order valence-corrected chi connectivity index (χ2v) is 27.7. The van der Waals surface area contributed by atoms with Crippen molar-refractivity contribution in [3.05, 3.63) is 234 Å². The predicted molar refractivity (Wildman–Crippen MR) is 368 cm³/mol. The van der Waals surface area contributed by atoms with E-state index >= 15 is 0 Å². The number of benzene rings is 8. The third-order valence-electron chi connectivity index (χ3n) is 13.6. The van der Waals surface area contributed by atoms with Crippen LogP contribution < -0.4 is 37.8 Å². The molecule has 8 aromatic carbocycles. The number of hydrogen-bond acceptors (Lipinski definition) is 13. The molecule has 0 saturated carbocycles. The zero-order valence-corrected chi connectivity index (χ0v) is 61.3. The number of ether oxygens (including phenoxy) is 5. The second-order valence-electron chi connectivity index (χ2n) is 21.9. The first-order valence-electron chi connectivity index (χ1n) is 31.1. The number of hydrogen-bond donors (Lipinski definition) is 0. The molecule has 10 aromatic rings. The molecule has 564 valence electrons. The van der Waals surface area contributed by atoms with Crippen molar-refractivity contribution >= 4 is 62.9 Å². The maximum Gasteiger partial charge on any atom is 1.00 e. The number of fused-ring (bicyclic) bond motifs is 2. The topological polar surface area (TPSA) is 124 Å². The van der Waals surface area contributed by atoms with Gasteiger partial charge >= 0.3 is 31.1 Å². The molecule has 0 N–H and O–H groups in total. The Bertz CT molecular complexity index is 4530. The quantitative estimate of drug-likeness (QED) is 0.0212. The van der Waals surface area contributed by atoms with Gasteiger partial charge in [-0.2, -0.15) is 24.0 Å². The van der Waals surface area contributed by atoms with Crippen molar-refractivity contribution in [1.82, 2.24) is 13.7 Å². The van der Waals surface area contributed by atoms with Crippen LogP contribution in [-0.4, -0.2) is 98.3 Å². The molecule has 0 spiro atoms. The van der Waals surface area contributed by atoms with Crippen LogP contribution in [0.1, 0.15) is 58.6 Å². The summed E-state index contributed by atoms with van der Waals surface area (Å²) in [5, 5.41) is 0.903. The minimum atomic E-state index is -4.77. The molecular weight excluding hydrogens is 1490 g/mol. The Morgan fingerprint density at radius 1 is 0.438 bits per heavy atom. The van der Waals surface area contributed by atoms with Gasteiger partial charge in [-0.3, -0.25) is 0 Å². The van der Waals surface area contributed by atoms with Crippen LogP contribution in [0.4, 0.5) is 70.3 Å². The molecule has 10 rings (SSSR count). The number of sulfonamides is 2. The van der Waals surface area contributed by atoms with Crippen LogP contribution in [-0.2, 0) is 37.0 Å². The standard InChI is InChI=1S/C23H12F8O2S.C23H13F7O2S.C12H10FNO4S2.C6H16N2.C4H10O.C4H9.Li/c1-2-32-11-3-4-13-18(9-11)34-22(20(13)28)10-5-14(24)19(15(25)6-10)23(30,31)33-12-7-16(26)21(29)17(27)8-12;1-2-31-13-4-3-11-7-19(33-20(11)10-13)12-5-15(24)21(16(25)6-12)23(29,30)32-14-8-17(26)22(28)18(27)9-14;13-14(19(15,16)11-7-3-1-4-8-11)20(17,18)12-9-5-2-6-10-12;1-7(2)5-6-8(3)4;1-3-5-4-2;1-3-4-2;/h3-9H,2H2,1H3;3-10H,2H2,1H3;1-10H;5-6H2,1-4H3;3-4H2,1-2H3;1,3-4H2,2H3;/q;;;;;-1;+1. The average molecular weight is 1560 g/mol. The van der Waals surface area contributed by atoms with Gasteiger partial charge in [0, 0.05) is 75.8 Å². The third kappa shape index (κ3) is 24.6. The first-order valence-corrected chi connectivity index (χ1v) is 35.6. The zero-order valence-electron chi connectivity index (χ0n) is 58.0. The SMILES string of the molecule is CCOCC.CCOc1ccc2c(F)c(-c3cc(F)c(C(F)(F)Oc4cc(F)c(F)c(F)c4)c(F)c3)sc2c1.CCOc1ccc2cc(-c3cc(F)c(C(F)(F)Oc4cc(F)c(F)c(F)c4)c(F)c3)sc2c1.CN(C)CCN(C)C.O=S(=O)(c1ccccc1)N(F)S(=O)(=O)c1ccccc1.[CH2-]CCC.[Li+]. The Hall–Kier alpha value is -7.90. The van der Waals surface area contributed by atoms with Crippen molar-refractivity contribution in [3.8, 4) is 43.9 Å². The van der Waals surface area contributed by atoms with E-state index in [0.717, 1.165) is 78.4 Å². The molecule has 0 aliphatic rings. The molecule has 0 radical (unpaired) electrons. The molecule has 105 heavy (non-hydrogen) atoms. The van der Waals surface area contributed by atoms with Crippen LogP contribution in [0.25, 0.3) is 41.1 Å². The normalized spacial score (nSPS) is 11.4. The molecule has 0 unspecified atom stereocenters. The number of likely N-dealkylation sites (N-methyl/N-ethyl adjacent to an activating group) is 2. The van der Waals surface area contributed by atoms with Gasteiger partial charge in [0.2, 0.25) is 0 Å². The summed E-state index contributed by atoms with van der Waals surface area (Å²) in [4.78, 5) is 3.68. The van der Waals surface area contributed by atoms with E-state index in [1.807, 2.05) is 20.8 Å². The van der Waals surface area contributed by atoms with E-state index in [4.69, 9.17) is 14.2 Å². The van der Waals surface area contributed by atoms with Gasteiger partial charge in [-0.05, 0) is 158 Å². The van der Waals surface area contributed by atoms with Gasteiger partial charge in [-0.15, -0.1) is 27.2 Å². The first kappa shape index (κ1) is 89.5. The second kappa shape index (κ2) is 40.7. The number of rotatable bonds is 22. The minimum absolute atomic E-state index is 0. The van der Waals surface area contributed by atoms with Crippen LogP contribution in [0, 0.1) is 70.9 Å². The van der Waals surface area contributed by atoms with E-state index in [0.29, 0.717) is 58.6 Å². The smallest absolute Gasteiger partial charge is 0.494 e. The molecule has 0 fully saturated rings. The predicted octanol–water partition coefficient (Wildman–Crippen LogP) is 17.4. The Kier molecular flexibility index (Phi) is 34.7. The molecule has 0 aliphatic heterocycles. The van der Waals surface area contributed by atoms with E-state index in [1.54, 1.807) is 31.2 Å². The number of nitrogens with zero attached hydrogens (tertiary/aromatic N) is 3. The summed E-state index contributed by atoms with van der Waals surface area (Å²) in [6.07, 6.45) is -7.11. The van der Waals surface area contributed by atoms with Gasteiger partial charge in [-0.25, -0.2) is 65.1 Å². The Balaban J connectivity index is 0.000000305. The summed E-state index contributed by atoms with van der Waals surface area (Å²) >= 11 is 2.01. The van der Waals surface area contributed by atoms with E-state index in [1.165, 1.54) is 72.4 Å². The molecule has 33 heteroatoms. The van der Waals surface area contributed by atoms with Gasteiger partial charge in [0.1, 0.15) is 63.2 Å². The van der Waals surface area contributed by atoms with Crippen molar-refractivity contribution in [1.29, 1.82) is 0 Å². The van der Waals surface area contributed by atoms with Gasteiger partial charge < -0.3 is 40.4 Å². The maximum atomic E-state index is 14.9. The van der Waals surface area contributed by atoms with Crippen LogP contribution >= 0.6 is 22.7 Å². The number of halogens is 16. The summed E-state index contributed by atoms with van der Waals surface area (Å²) in [6, 6.07) is 27.2. The first-order chi connectivity index (χ1) is 48.9. The summed E-state index contributed by atoms with van der Waals surface area (Å²) in [5.41, 5.74) is -3.98. The van der Waals surface area contributed by atoms with Crippen molar-refractivity contribution in [2.24, 2.45) is 0 Å². The van der Waals surface area contributed by atoms with Gasteiger partial charge in [-0.1, -0.05) is 49.7 Å². The summed E-state index contributed by atoms with van der Waals surface area (Å²) in [6.45, 7) is 18.1. The van der Waals surface area contributed by atoms with E-state index < -0.39 is 133 Å². The number of unbranched alkanes of at least 4 members (excludes halogenated alkanes) is 1. The molecule has 0 aliphatic carbocycles. The Morgan fingerprint density at radius 2 is 0.810 bits per heavy atom. The maximum absolute atomic E-state index is 14.9. The zero-order chi connectivity index (χ0) is 77.6. The summed E-state index contributed by atoms with van der Waals surface area (Å²) in [5.74, 6) is -20.1. The minimum Gasteiger partial charge on any atom is -0.494 e. The number of alkyl halides is 4. The molecule has 2 heterocycles. The largest absolute Gasteiger partial charge is 1.00 e.